The summed E-state index contributed by atoms with van der Waals surface area (Å²) in [5, 5.41) is 11.9. The van der Waals surface area contributed by atoms with Gasteiger partial charge in [-0.05, 0) is 43.7 Å². The van der Waals surface area contributed by atoms with Crippen molar-refractivity contribution in [1.82, 2.24) is 9.55 Å². The molecule has 0 amide bonds. The molecule has 1 N–H and O–H groups in total. The molecule has 2 aromatic heterocycles. The van der Waals surface area contributed by atoms with Gasteiger partial charge in [0, 0.05) is 29.1 Å². The predicted octanol–water partition coefficient (Wildman–Crippen LogP) is 4.60. The third-order valence-corrected chi connectivity index (χ3v) is 5.41. The van der Waals surface area contributed by atoms with Crippen LogP contribution in [0.1, 0.15) is 19.4 Å². The first-order chi connectivity index (χ1) is 14.5. The van der Waals surface area contributed by atoms with E-state index in [0.29, 0.717) is 31.1 Å². The molecule has 0 saturated carbocycles. The summed E-state index contributed by atoms with van der Waals surface area (Å²) in [6.45, 7) is 4.80. The molecule has 1 atom stereocenters. The number of hydrogen-bond acceptors (Lipinski definition) is 4. The van der Waals surface area contributed by atoms with Gasteiger partial charge in [0.2, 0.25) is 0 Å². The molecule has 0 aliphatic carbocycles. The van der Waals surface area contributed by atoms with Crippen LogP contribution in [-0.2, 0) is 21.7 Å². The van der Waals surface area contributed by atoms with E-state index in [9.17, 15) is 9.90 Å². The van der Waals surface area contributed by atoms with E-state index in [1.165, 1.54) is 10.8 Å². The Labute approximate surface area is 174 Å². The smallest absolute Gasteiger partial charge is 0.340 e. The monoisotopic (exact) mass is 404 g/mol. The molecular weight excluding hydrogens is 380 g/mol. The normalized spacial score (nSPS) is 13.4. The number of carboxylic acid groups (broad SMARTS) is 1. The van der Waals surface area contributed by atoms with Gasteiger partial charge in [0.15, 0.2) is 5.60 Å². The Morgan fingerprint density at radius 1 is 1.07 bits per heavy atom. The van der Waals surface area contributed by atoms with Crippen molar-refractivity contribution in [3.05, 3.63) is 72.6 Å². The maximum atomic E-state index is 11.7. The molecule has 0 spiro atoms. The van der Waals surface area contributed by atoms with Gasteiger partial charge in [0.05, 0.1) is 18.3 Å². The molecule has 0 saturated heterocycles. The van der Waals surface area contributed by atoms with Gasteiger partial charge in [-0.3, -0.25) is 4.98 Å². The topological polar surface area (TPSA) is 73.6 Å². The van der Waals surface area contributed by atoms with Gasteiger partial charge in [-0.25, -0.2) is 4.79 Å². The average molecular weight is 404 g/mol. The minimum absolute atomic E-state index is 0.314. The number of carbonyl (C=O) groups is 1. The fraction of sp³-hybridized carbons (Fsp3) is 0.250. The third-order valence-electron chi connectivity index (χ3n) is 5.41. The molecule has 2 aromatic carbocycles. The van der Waals surface area contributed by atoms with Gasteiger partial charge in [0.25, 0.3) is 0 Å². The lowest BCUT2D eigenvalue weighted by Gasteiger charge is -2.25. The summed E-state index contributed by atoms with van der Waals surface area (Å²) in [4.78, 5) is 15.9. The number of para-hydroxylation sites is 1. The summed E-state index contributed by atoms with van der Waals surface area (Å²) in [5.41, 5.74) is 1.43. The van der Waals surface area contributed by atoms with Gasteiger partial charge < -0.3 is 19.1 Å². The fourth-order valence-electron chi connectivity index (χ4n) is 3.82. The van der Waals surface area contributed by atoms with Crippen LogP contribution in [0.5, 0.6) is 5.75 Å². The van der Waals surface area contributed by atoms with Crippen LogP contribution < -0.4 is 4.74 Å². The molecule has 30 heavy (non-hydrogen) atoms. The lowest BCUT2D eigenvalue weighted by Crippen LogP contribution is -2.35. The zero-order valence-electron chi connectivity index (χ0n) is 17.0. The highest BCUT2D eigenvalue weighted by molar-refractivity contribution is 6.07. The molecule has 6 nitrogen and oxygen atoms in total. The number of fused-ring (bicyclic) bond motifs is 3. The minimum Gasteiger partial charge on any atom is -0.492 e. The number of carboxylic acids is 1. The number of aliphatic carboxylic acids is 1. The second kappa shape index (κ2) is 8.16. The number of rotatable bonds is 8. The summed E-state index contributed by atoms with van der Waals surface area (Å²) >= 11 is 0. The van der Waals surface area contributed by atoms with Crippen molar-refractivity contribution in [2.75, 3.05) is 13.2 Å². The van der Waals surface area contributed by atoms with E-state index < -0.39 is 11.6 Å². The quantitative estimate of drug-likeness (QED) is 0.464. The van der Waals surface area contributed by atoms with E-state index in [2.05, 4.69) is 21.7 Å². The summed E-state index contributed by atoms with van der Waals surface area (Å²) in [7, 11) is 0. The highest BCUT2D eigenvalue weighted by Gasteiger charge is 2.35. The Morgan fingerprint density at radius 3 is 2.53 bits per heavy atom. The molecule has 0 aliphatic rings. The van der Waals surface area contributed by atoms with Crippen LogP contribution in [0.2, 0.25) is 0 Å². The molecule has 6 heteroatoms. The molecular formula is C24H24N2O4. The van der Waals surface area contributed by atoms with Gasteiger partial charge in [-0.2, -0.15) is 0 Å². The van der Waals surface area contributed by atoms with E-state index in [0.717, 1.165) is 11.0 Å². The second-order valence-corrected chi connectivity index (χ2v) is 7.21. The number of aromatic nitrogens is 2. The van der Waals surface area contributed by atoms with E-state index in [-0.39, 0.29) is 0 Å². The van der Waals surface area contributed by atoms with Crippen molar-refractivity contribution in [2.45, 2.75) is 26.0 Å². The summed E-state index contributed by atoms with van der Waals surface area (Å²) < 4.78 is 13.6. The van der Waals surface area contributed by atoms with Crippen molar-refractivity contribution in [3.63, 3.8) is 0 Å². The first-order valence-electron chi connectivity index (χ1n) is 9.96. The highest BCUT2D eigenvalue weighted by Crippen LogP contribution is 2.29. The first-order valence-corrected chi connectivity index (χ1v) is 9.96. The summed E-state index contributed by atoms with van der Waals surface area (Å²) in [5.74, 6) is -0.333. The maximum absolute atomic E-state index is 11.7. The van der Waals surface area contributed by atoms with Crippen LogP contribution in [0, 0.1) is 0 Å². The molecule has 1 unspecified atom stereocenters. The van der Waals surface area contributed by atoms with E-state index >= 15 is 0 Å². The van der Waals surface area contributed by atoms with Gasteiger partial charge in [-0.15, -0.1) is 0 Å². The van der Waals surface area contributed by atoms with Crippen molar-refractivity contribution in [3.8, 4) is 5.75 Å². The van der Waals surface area contributed by atoms with Gasteiger partial charge in [-0.1, -0.05) is 30.3 Å². The van der Waals surface area contributed by atoms with Gasteiger partial charge >= 0.3 is 5.97 Å². The number of ether oxygens (including phenoxy) is 2. The Kier molecular flexibility index (Phi) is 5.42. The standard InChI is InChI=1S/C24H24N2O4/c1-3-30-24(2,23(27)28)17-8-10-18(11-9-17)29-15-14-26-21-7-5-4-6-19(21)20-12-13-25-16-22(20)26/h4-13,16H,3,14-15H2,1-2H3,(H,27,28). The largest absolute Gasteiger partial charge is 0.492 e. The van der Waals surface area contributed by atoms with E-state index in [4.69, 9.17) is 9.47 Å². The Balaban J connectivity index is 1.51. The molecule has 0 bridgehead atoms. The van der Waals surface area contributed by atoms with Crippen LogP contribution in [-0.4, -0.2) is 33.8 Å². The molecule has 0 fully saturated rings. The average Bonchev–Trinajstić information content (AvgIpc) is 3.08. The number of hydrogen-bond donors (Lipinski definition) is 1. The molecule has 2 heterocycles. The Morgan fingerprint density at radius 2 is 1.80 bits per heavy atom. The summed E-state index contributed by atoms with van der Waals surface area (Å²) in [6, 6.07) is 17.4. The molecule has 0 radical (unpaired) electrons. The van der Waals surface area contributed by atoms with Crippen molar-refractivity contribution >= 4 is 27.8 Å². The molecule has 0 aliphatic heterocycles. The number of benzene rings is 2. The summed E-state index contributed by atoms with van der Waals surface area (Å²) in [6.07, 6.45) is 3.69. The van der Waals surface area contributed by atoms with Crippen LogP contribution in [0.15, 0.2) is 67.0 Å². The fourth-order valence-corrected chi connectivity index (χ4v) is 3.82. The van der Waals surface area contributed by atoms with Crippen LogP contribution in [0.25, 0.3) is 21.8 Å². The lowest BCUT2D eigenvalue weighted by atomic mass is 9.96. The zero-order chi connectivity index (χ0) is 21.1. The predicted molar refractivity (Wildman–Crippen MR) is 116 cm³/mol. The highest BCUT2D eigenvalue weighted by atomic mass is 16.5. The second-order valence-electron chi connectivity index (χ2n) is 7.21. The third kappa shape index (κ3) is 3.50. The van der Waals surface area contributed by atoms with Crippen molar-refractivity contribution in [1.29, 1.82) is 0 Å². The molecule has 4 rings (SSSR count). The van der Waals surface area contributed by atoms with E-state index in [1.807, 2.05) is 30.6 Å². The number of pyridine rings is 1. The lowest BCUT2D eigenvalue weighted by molar-refractivity contribution is -0.164. The minimum atomic E-state index is -1.37. The maximum Gasteiger partial charge on any atom is 0.340 e. The Hall–Kier alpha value is -3.38. The van der Waals surface area contributed by atoms with Crippen LogP contribution in [0.3, 0.4) is 0 Å². The molecule has 154 valence electrons. The van der Waals surface area contributed by atoms with Gasteiger partial charge in [0.1, 0.15) is 12.4 Å². The SMILES string of the molecule is CCOC(C)(C(=O)O)c1ccc(OCCn2c3ccccc3c3ccncc32)cc1. The van der Waals surface area contributed by atoms with Crippen molar-refractivity contribution in [2.24, 2.45) is 0 Å². The van der Waals surface area contributed by atoms with Crippen LogP contribution >= 0.6 is 0 Å². The zero-order valence-corrected chi connectivity index (χ0v) is 17.0. The number of nitrogens with zero attached hydrogens (tertiary/aromatic N) is 2. The van der Waals surface area contributed by atoms with Crippen LogP contribution in [0.4, 0.5) is 0 Å². The molecule has 4 aromatic rings. The van der Waals surface area contributed by atoms with Crippen molar-refractivity contribution < 1.29 is 19.4 Å². The van der Waals surface area contributed by atoms with E-state index in [1.54, 1.807) is 38.1 Å². The first kappa shape index (κ1) is 19.9. The Bertz CT molecular complexity index is 1130.